The zero-order valence-electron chi connectivity index (χ0n) is 26.9. The summed E-state index contributed by atoms with van der Waals surface area (Å²) >= 11 is 0. The van der Waals surface area contributed by atoms with E-state index in [-0.39, 0.29) is 95.3 Å². The molecule has 0 aliphatic rings. The van der Waals surface area contributed by atoms with Crippen LogP contribution in [0.2, 0.25) is 0 Å². The third-order valence-electron chi connectivity index (χ3n) is 6.98. The molecule has 0 bridgehead atoms. The SMILES string of the molecule is CCOC(=O)c1c(C)oc2cc(OCCc3ccccc3)c(OCc3oc4cc(OC)c(OS(=O)(=O)[O-])cc4c3C(=O)OCC)cc12.[Na+]. The molecule has 5 aromatic rings. The molecule has 2 heterocycles. The van der Waals surface area contributed by atoms with Gasteiger partial charge in [0.2, 0.25) is 0 Å². The van der Waals surface area contributed by atoms with E-state index in [2.05, 4.69) is 4.18 Å². The maximum atomic E-state index is 13.1. The van der Waals surface area contributed by atoms with Gasteiger partial charge in [-0.3, -0.25) is 0 Å². The first-order valence-electron chi connectivity index (χ1n) is 14.5. The van der Waals surface area contributed by atoms with Crippen LogP contribution in [0.3, 0.4) is 0 Å². The average molecular weight is 691 g/mol. The van der Waals surface area contributed by atoms with E-state index in [9.17, 15) is 22.6 Å². The molecular weight excluding hydrogens is 659 g/mol. The van der Waals surface area contributed by atoms with E-state index in [1.54, 1.807) is 32.9 Å². The number of furan rings is 2. The Morgan fingerprint density at radius 2 is 1.38 bits per heavy atom. The summed E-state index contributed by atoms with van der Waals surface area (Å²) < 4.78 is 78.4. The second-order valence-electron chi connectivity index (χ2n) is 10.0. The molecule has 0 amide bonds. The van der Waals surface area contributed by atoms with Crippen LogP contribution in [0.1, 0.15) is 51.6 Å². The molecule has 13 nitrogen and oxygen atoms in total. The monoisotopic (exact) mass is 690 g/mol. The van der Waals surface area contributed by atoms with Crippen LogP contribution in [0.25, 0.3) is 21.9 Å². The fourth-order valence-corrected chi connectivity index (χ4v) is 5.34. The van der Waals surface area contributed by atoms with Gasteiger partial charge in [0.25, 0.3) is 10.4 Å². The van der Waals surface area contributed by atoms with Crippen LogP contribution in [0.5, 0.6) is 23.0 Å². The smallest absolute Gasteiger partial charge is 0.716 e. The summed E-state index contributed by atoms with van der Waals surface area (Å²) in [5.74, 6) is -1.09. The fraction of sp³-hybridized carbons (Fsp3) is 0.273. The number of fused-ring (bicyclic) bond motifs is 2. The third-order valence-corrected chi connectivity index (χ3v) is 7.36. The fourth-order valence-electron chi connectivity index (χ4n) is 4.99. The normalized spacial score (nSPS) is 11.2. The van der Waals surface area contributed by atoms with Crippen molar-refractivity contribution < 1.29 is 88.8 Å². The molecule has 3 aromatic carbocycles. The molecule has 2 aromatic heterocycles. The number of rotatable bonds is 14. The Morgan fingerprint density at radius 1 is 0.792 bits per heavy atom. The Kier molecular flexibility index (Phi) is 12.0. The van der Waals surface area contributed by atoms with Crippen molar-refractivity contribution in [3.8, 4) is 23.0 Å². The Bertz CT molecular complexity index is 2030. The van der Waals surface area contributed by atoms with Crippen molar-refractivity contribution in [2.75, 3.05) is 26.9 Å². The minimum atomic E-state index is -5.18. The molecule has 0 fully saturated rings. The van der Waals surface area contributed by atoms with Crippen molar-refractivity contribution in [3.63, 3.8) is 0 Å². The van der Waals surface area contributed by atoms with Gasteiger partial charge < -0.3 is 41.3 Å². The van der Waals surface area contributed by atoms with Gasteiger partial charge in [-0.1, -0.05) is 30.3 Å². The van der Waals surface area contributed by atoms with Gasteiger partial charge in [-0.2, -0.15) is 0 Å². The van der Waals surface area contributed by atoms with Crippen LogP contribution >= 0.6 is 0 Å². The number of carbonyl (C=O) groups is 2. The largest absolute Gasteiger partial charge is 1.00 e. The van der Waals surface area contributed by atoms with Gasteiger partial charge in [0, 0.05) is 29.3 Å². The number of aryl methyl sites for hydroxylation is 1. The zero-order chi connectivity index (χ0) is 33.7. The van der Waals surface area contributed by atoms with Crippen LogP contribution in [-0.4, -0.2) is 51.8 Å². The second kappa shape index (κ2) is 15.8. The number of carbonyl (C=O) groups excluding carboxylic acids is 2. The van der Waals surface area contributed by atoms with Gasteiger partial charge in [-0.15, -0.1) is 0 Å². The summed E-state index contributed by atoms with van der Waals surface area (Å²) in [4.78, 5) is 25.9. The molecule has 0 N–H and O–H groups in total. The number of methoxy groups -OCH3 is 1. The van der Waals surface area contributed by atoms with E-state index in [1.165, 1.54) is 13.2 Å². The quantitative estimate of drug-likeness (QED) is 0.0721. The predicted octanol–water partition coefficient (Wildman–Crippen LogP) is 2.89. The molecule has 0 saturated carbocycles. The topological polar surface area (TPSA) is 173 Å². The van der Waals surface area contributed by atoms with Crippen molar-refractivity contribution >= 4 is 44.3 Å². The van der Waals surface area contributed by atoms with Gasteiger partial charge in [-0.25, -0.2) is 18.0 Å². The molecule has 48 heavy (non-hydrogen) atoms. The standard InChI is InChI=1S/C33H32O13S.Na/c1-5-40-32(34)30-19(3)44-23-17-27(42-13-12-20-10-8-7-9-11-20)26(14-21(23)30)43-18-29-31(33(35)41-6-2)22-15-28(46-47(36,37)38)25(39-4)16-24(22)45-29;/h7-11,14-17H,5-6,12-13,18H2,1-4H3,(H,36,37,38);/q;+1/p-1. The summed E-state index contributed by atoms with van der Waals surface area (Å²) in [6.45, 7) is 5.07. The van der Waals surface area contributed by atoms with Crippen LogP contribution in [0.4, 0.5) is 0 Å². The number of hydrogen-bond acceptors (Lipinski definition) is 13. The molecule has 0 radical (unpaired) electrons. The minimum Gasteiger partial charge on any atom is -0.716 e. The molecule has 248 valence electrons. The summed E-state index contributed by atoms with van der Waals surface area (Å²) in [7, 11) is -3.94. The van der Waals surface area contributed by atoms with Crippen LogP contribution in [0, 0.1) is 6.92 Å². The molecule has 0 saturated heterocycles. The summed E-state index contributed by atoms with van der Waals surface area (Å²) in [6, 6.07) is 15.3. The van der Waals surface area contributed by atoms with Gasteiger partial charge in [-0.05, 0) is 38.5 Å². The van der Waals surface area contributed by atoms with Crippen molar-refractivity contribution in [2.24, 2.45) is 0 Å². The van der Waals surface area contributed by atoms with E-state index < -0.39 is 28.1 Å². The Morgan fingerprint density at radius 3 is 2.02 bits per heavy atom. The maximum absolute atomic E-state index is 13.1. The van der Waals surface area contributed by atoms with Gasteiger partial charge >= 0.3 is 41.5 Å². The molecule has 15 heteroatoms. The number of hydrogen-bond donors (Lipinski definition) is 0. The maximum Gasteiger partial charge on any atom is 1.00 e. The molecule has 0 spiro atoms. The first-order valence-corrected chi connectivity index (χ1v) is 15.9. The molecule has 0 aliphatic heterocycles. The van der Waals surface area contributed by atoms with E-state index in [4.69, 9.17) is 32.5 Å². The number of ether oxygens (including phenoxy) is 5. The van der Waals surface area contributed by atoms with Gasteiger partial charge in [0.05, 0.1) is 26.9 Å². The molecule has 0 atom stereocenters. The first kappa shape index (κ1) is 36.6. The summed E-state index contributed by atoms with van der Waals surface area (Å²) in [5, 5.41) is 0.512. The van der Waals surface area contributed by atoms with Crippen LogP contribution in [-0.2, 0) is 32.9 Å². The third kappa shape index (κ3) is 8.25. The van der Waals surface area contributed by atoms with E-state index in [1.807, 2.05) is 30.3 Å². The van der Waals surface area contributed by atoms with Gasteiger partial charge in [0.1, 0.15) is 34.7 Å². The van der Waals surface area contributed by atoms with Crippen LogP contribution < -0.4 is 48.0 Å². The number of benzene rings is 3. The van der Waals surface area contributed by atoms with Crippen molar-refractivity contribution in [2.45, 2.75) is 33.8 Å². The van der Waals surface area contributed by atoms with Crippen molar-refractivity contribution in [1.29, 1.82) is 0 Å². The van der Waals surface area contributed by atoms with Crippen molar-refractivity contribution in [3.05, 3.63) is 82.8 Å². The van der Waals surface area contributed by atoms with Crippen LogP contribution in [0.15, 0.2) is 63.4 Å². The van der Waals surface area contributed by atoms with E-state index >= 15 is 0 Å². The summed E-state index contributed by atoms with van der Waals surface area (Å²) in [5.41, 5.74) is 1.67. The predicted molar refractivity (Wildman–Crippen MR) is 166 cm³/mol. The zero-order valence-corrected chi connectivity index (χ0v) is 29.8. The van der Waals surface area contributed by atoms with E-state index in [0.29, 0.717) is 28.9 Å². The molecule has 0 unspecified atom stereocenters. The second-order valence-corrected chi connectivity index (χ2v) is 11.0. The minimum absolute atomic E-state index is 0. The van der Waals surface area contributed by atoms with E-state index in [0.717, 1.165) is 11.6 Å². The molecule has 5 rings (SSSR count). The van der Waals surface area contributed by atoms with Gasteiger partial charge in [0.15, 0.2) is 28.8 Å². The molecule has 0 aliphatic carbocycles. The average Bonchev–Trinajstić information content (AvgIpc) is 3.54. The number of esters is 2. The Hall–Kier alpha value is -4.21. The molecular formula is C33H31NaO13S. The van der Waals surface area contributed by atoms with Crippen molar-refractivity contribution in [1.82, 2.24) is 0 Å². The first-order chi connectivity index (χ1) is 22.5. The summed E-state index contributed by atoms with van der Waals surface area (Å²) in [6.07, 6.45) is 0.589. The Balaban J connectivity index is 0.00000520. The Labute approximate surface area is 298 Å².